The molecule has 0 saturated carbocycles. The maximum atomic E-state index is 12.3. The fraction of sp³-hybridized carbons (Fsp3) is 0.278. The summed E-state index contributed by atoms with van der Waals surface area (Å²) in [6, 6.07) is 7.39. The third kappa shape index (κ3) is 2.95. The van der Waals surface area contributed by atoms with Crippen LogP contribution in [0.5, 0.6) is 0 Å². The number of fused-ring (bicyclic) bond motifs is 1. The van der Waals surface area contributed by atoms with Gasteiger partial charge in [0.05, 0.1) is 12.1 Å². The number of rotatable bonds is 5. The van der Waals surface area contributed by atoms with Crippen LogP contribution < -0.4 is 0 Å². The Morgan fingerprint density at radius 3 is 2.58 bits per heavy atom. The van der Waals surface area contributed by atoms with E-state index in [1.54, 1.807) is 19.9 Å². The van der Waals surface area contributed by atoms with Crippen molar-refractivity contribution in [1.82, 2.24) is 5.16 Å². The van der Waals surface area contributed by atoms with Gasteiger partial charge in [0.1, 0.15) is 11.3 Å². The number of carbonyl (C=O) groups is 2. The maximum Gasteiger partial charge on any atom is 0.310 e. The zero-order valence-corrected chi connectivity index (χ0v) is 13.7. The van der Waals surface area contributed by atoms with Gasteiger partial charge in [-0.25, -0.2) is 0 Å². The standard InChI is InChI=1S/C18H17NO5/c1-10-13-6-4-5-7-16(13)23-18(10)15(20)9-22-17(21)8-14-11(2)19-24-12(14)3/h4-7H,8-9H2,1-3H3. The van der Waals surface area contributed by atoms with Gasteiger partial charge in [0.2, 0.25) is 5.78 Å². The molecule has 124 valence electrons. The van der Waals surface area contributed by atoms with Crippen LogP contribution in [0.4, 0.5) is 0 Å². The number of nitrogens with zero attached hydrogens (tertiary/aromatic N) is 1. The van der Waals surface area contributed by atoms with E-state index in [9.17, 15) is 9.59 Å². The van der Waals surface area contributed by atoms with Gasteiger partial charge in [-0.3, -0.25) is 9.59 Å². The van der Waals surface area contributed by atoms with E-state index >= 15 is 0 Å². The molecule has 0 radical (unpaired) electrons. The number of carbonyl (C=O) groups excluding carboxylic acids is 2. The van der Waals surface area contributed by atoms with E-state index in [2.05, 4.69) is 5.16 Å². The first-order valence-corrected chi connectivity index (χ1v) is 7.56. The van der Waals surface area contributed by atoms with Crippen molar-refractivity contribution in [1.29, 1.82) is 0 Å². The third-order valence-electron chi connectivity index (χ3n) is 3.96. The number of esters is 1. The van der Waals surface area contributed by atoms with Crippen molar-refractivity contribution in [3.63, 3.8) is 0 Å². The molecule has 0 amide bonds. The van der Waals surface area contributed by atoms with Crippen LogP contribution in [-0.2, 0) is 16.0 Å². The second kappa shape index (κ2) is 6.31. The summed E-state index contributed by atoms with van der Waals surface area (Å²) >= 11 is 0. The molecule has 0 fully saturated rings. The molecule has 0 aliphatic carbocycles. The van der Waals surface area contributed by atoms with Gasteiger partial charge in [-0.2, -0.15) is 0 Å². The number of furan rings is 1. The van der Waals surface area contributed by atoms with Gasteiger partial charge >= 0.3 is 5.97 Å². The van der Waals surface area contributed by atoms with E-state index in [0.29, 0.717) is 22.6 Å². The van der Waals surface area contributed by atoms with E-state index < -0.39 is 5.97 Å². The largest absolute Gasteiger partial charge is 0.457 e. The highest BCUT2D eigenvalue weighted by Crippen LogP contribution is 2.25. The van der Waals surface area contributed by atoms with Gasteiger partial charge in [-0.15, -0.1) is 0 Å². The number of aryl methyl sites for hydroxylation is 3. The van der Waals surface area contributed by atoms with E-state index in [4.69, 9.17) is 13.7 Å². The van der Waals surface area contributed by atoms with Gasteiger partial charge in [0, 0.05) is 16.5 Å². The lowest BCUT2D eigenvalue weighted by atomic mass is 10.1. The Morgan fingerprint density at radius 1 is 1.17 bits per heavy atom. The second-order valence-corrected chi connectivity index (χ2v) is 5.62. The zero-order valence-electron chi connectivity index (χ0n) is 13.7. The number of Topliss-reactive ketones (excluding diaryl/α,β-unsaturated/α-hetero) is 1. The summed E-state index contributed by atoms with van der Waals surface area (Å²) < 4.78 is 15.6. The van der Waals surface area contributed by atoms with Crippen LogP contribution in [0.2, 0.25) is 0 Å². The molecular formula is C18H17NO5. The fourth-order valence-electron chi connectivity index (χ4n) is 2.60. The number of benzene rings is 1. The molecule has 0 aliphatic rings. The Bertz CT molecular complexity index is 899. The Hall–Kier alpha value is -2.89. The number of hydrogen-bond donors (Lipinski definition) is 0. The predicted molar refractivity (Wildman–Crippen MR) is 85.9 cm³/mol. The molecular weight excluding hydrogens is 310 g/mol. The smallest absolute Gasteiger partial charge is 0.310 e. The first-order valence-electron chi connectivity index (χ1n) is 7.56. The molecule has 1 aromatic carbocycles. The van der Waals surface area contributed by atoms with Crippen molar-refractivity contribution in [3.8, 4) is 0 Å². The number of ketones is 1. The van der Waals surface area contributed by atoms with Crippen molar-refractivity contribution in [2.45, 2.75) is 27.2 Å². The number of para-hydroxylation sites is 1. The molecule has 0 unspecified atom stereocenters. The Kier molecular flexibility index (Phi) is 4.20. The number of ether oxygens (including phenoxy) is 1. The minimum atomic E-state index is -0.508. The van der Waals surface area contributed by atoms with Crippen LogP contribution in [0.15, 0.2) is 33.2 Å². The molecule has 2 heterocycles. The summed E-state index contributed by atoms with van der Waals surface area (Å²) in [6.07, 6.45) is 0.0214. The van der Waals surface area contributed by atoms with Crippen LogP contribution in [0.3, 0.4) is 0 Å². The van der Waals surface area contributed by atoms with Crippen LogP contribution in [0.1, 0.15) is 33.1 Å². The van der Waals surface area contributed by atoms with Crippen LogP contribution in [0.25, 0.3) is 11.0 Å². The molecule has 0 bridgehead atoms. The third-order valence-corrected chi connectivity index (χ3v) is 3.96. The quantitative estimate of drug-likeness (QED) is 0.528. The minimum absolute atomic E-state index is 0.0214. The van der Waals surface area contributed by atoms with E-state index in [0.717, 1.165) is 10.9 Å². The van der Waals surface area contributed by atoms with Crippen molar-refractivity contribution in [2.24, 2.45) is 0 Å². The van der Waals surface area contributed by atoms with Gasteiger partial charge in [0.15, 0.2) is 12.4 Å². The van der Waals surface area contributed by atoms with E-state index in [-0.39, 0.29) is 24.6 Å². The highest BCUT2D eigenvalue weighted by atomic mass is 16.5. The maximum absolute atomic E-state index is 12.3. The molecule has 0 N–H and O–H groups in total. The fourth-order valence-corrected chi connectivity index (χ4v) is 2.60. The SMILES string of the molecule is Cc1noc(C)c1CC(=O)OCC(=O)c1oc2ccccc2c1C. The average Bonchev–Trinajstić information content (AvgIpc) is 3.07. The van der Waals surface area contributed by atoms with Gasteiger partial charge in [-0.1, -0.05) is 23.4 Å². The summed E-state index contributed by atoms with van der Waals surface area (Å²) in [4.78, 5) is 24.2. The lowest BCUT2D eigenvalue weighted by Gasteiger charge is -2.03. The van der Waals surface area contributed by atoms with Gasteiger partial charge < -0.3 is 13.7 Å². The summed E-state index contributed by atoms with van der Waals surface area (Å²) in [7, 11) is 0. The van der Waals surface area contributed by atoms with Crippen LogP contribution in [0, 0.1) is 20.8 Å². The molecule has 6 heteroatoms. The normalized spacial score (nSPS) is 11.0. The van der Waals surface area contributed by atoms with Crippen molar-refractivity contribution in [3.05, 3.63) is 52.6 Å². The first kappa shape index (κ1) is 16.0. The lowest BCUT2D eigenvalue weighted by molar-refractivity contribution is -0.141. The average molecular weight is 327 g/mol. The highest BCUT2D eigenvalue weighted by Gasteiger charge is 2.20. The molecule has 0 spiro atoms. The summed E-state index contributed by atoms with van der Waals surface area (Å²) in [6.45, 7) is 4.93. The molecule has 24 heavy (non-hydrogen) atoms. The first-order chi connectivity index (χ1) is 11.5. The summed E-state index contributed by atoms with van der Waals surface area (Å²) in [5, 5.41) is 4.66. The minimum Gasteiger partial charge on any atom is -0.457 e. The number of hydrogen-bond acceptors (Lipinski definition) is 6. The van der Waals surface area contributed by atoms with E-state index in [1.807, 2.05) is 25.1 Å². The molecule has 0 atom stereocenters. The molecule has 2 aromatic heterocycles. The number of aromatic nitrogens is 1. The monoisotopic (exact) mass is 327 g/mol. The van der Waals surface area contributed by atoms with Crippen LogP contribution >= 0.6 is 0 Å². The Morgan fingerprint density at radius 2 is 1.92 bits per heavy atom. The van der Waals surface area contributed by atoms with Gasteiger partial charge in [0.25, 0.3) is 0 Å². The molecule has 0 aliphatic heterocycles. The van der Waals surface area contributed by atoms with Gasteiger partial charge in [-0.05, 0) is 26.8 Å². The Labute approximate surface area is 138 Å². The predicted octanol–water partition coefficient (Wildman–Crippen LogP) is 3.31. The molecule has 3 aromatic rings. The highest BCUT2D eigenvalue weighted by molar-refractivity contribution is 6.01. The molecule has 0 saturated heterocycles. The van der Waals surface area contributed by atoms with Crippen molar-refractivity contribution < 1.29 is 23.3 Å². The second-order valence-electron chi connectivity index (χ2n) is 5.62. The summed E-state index contributed by atoms with van der Waals surface area (Å²) in [5.74, 6) is -0.0763. The lowest BCUT2D eigenvalue weighted by Crippen LogP contribution is -2.16. The molecule has 3 rings (SSSR count). The van der Waals surface area contributed by atoms with Crippen molar-refractivity contribution in [2.75, 3.05) is 6.61 Å². The van der Waals surface area contributed by atoms with Crippen LogP contribution in [-0.4, -0.2) is 23.5 Å². The van der Waals surface area contributed by atoms with E-state index in [1.165, 1.54) is 0 Å². The summed E-state index contributed by atoms with van der Waals surface area (Å²) in [5.41, 5.74) is 2.72. The topological polar surface area (TPSA) is 82.5 Å². The molecule has 6 nitrogen and oxygen atoms in total. The zero-order chi connectivity index (χ0) is 17.3. The van der Waals surface area contributed by atoms with Crippen molar-refractivity contribution >= 4 is 22.7 Å². The Balaban J connectivity index is 1.66.